The molecule has 170 valence electrons. The van der Waals surface area contributed by atoms with E-state index in [-0.39, 0.29) is 11.8 Å². The minimum atomic E-state index is -0.777. The van der Waals surface area contributed by atoms with Crippen molar-refractivity contribution < 1.29 is 14.6 Å². The van der Waals surface area contributed by atoms with Gasteiger partial charge >= 0.3 is 5.97 Å². The first-order chi connectivity index (χ1) is 16.5. The van der Waals surface area contributed by atoms with Crippen molar-refractivity contribution in [3.8, 4) is 28.3 Å². The maximum absolute atomic E-state index is 11.0. The molecule has 7 nitrogen and oxygen atoms in total. The summed E-state index contributed by atoms with van der Waals surface area (Å²) >= 11 is 0. The maximum Gasteiger partial charge on any atom is 0.307 e. The van der Waals surface area contributed by atoms with E-state index in [0.29, 0.717) is 24.6 Å². The van der Waals surface area contributed by atoms with E-state index in [9.17, 15) is 4.79 Å². The number of aromatic nitrogens is 4. The van der Waals surface area contributed by atoms with Gasteiger partial charge in [0.1, 0.15) is 6.61 Å². The molecule has 0 saturated heterocycles. The fourth-order valence-electron chi connectivity index (χ4n) is 4.38. The second-order valence-electron chi connectivity index (χ2n) is 8.63. The van der Waals surface area contributed by atoms with Gasteiger partial charge in [0.2, 0.25) is 5.88 Å². The van der Waals surface area contributed by atoms with Crippen LogP contribution in [0.4, 0.5) is 0 Å². The van der Waals surface area contributed by atoms with E-state index in [1.807, 2.05) is 12.1 Å². The van der Waals surface area contributed by atoms with E-state index in [1.165, 1.54) is 16.7 Å². The van der Waals surface area contributed by atoms with Gasteiger partial charge in [0.25, 0.3) is 0 Å². The molecule has 1 N–H and O–H groups in total. The van der Waals surface area contributed by atoms with Crippen molar-refractivity contribution in [1.82, 2.24) is 19.9 Å². The lowest BCUT2D eigenvalue weighted by molar-refractivity contribution is -0.138. The molecule has 2 aromatic carbocycles. The van der Waals surface area contributed by atoms with Gasteiger partial charge in [0.15, 0.2) is 0 Å². The van der Waals surface area contributed by atoms with Crippen molar-refractivity contribution in [2.45, 2.75) is 32.8 Å². The maximum atomic E-state index is 11.0. The van der Waals surface area contributed by atoms with Crippen LogP contribution in [0, 0.1) is 19.8 Å². The van der Waals surface area contributed by atoms with Crippen LogP contribution in [0.15, 0.2) is 67.4 Å². The minimum absolute atomic E-state index is 0.0393. The summed E-state index contributed by atoms with van der Waals surface area (Å²) in [6, 6.07) is 12.6. The highest BCUT2D eigenvalue weighted by Crippen LogP contribution is 2.46. The fourth-order valence-corrected chi connectivity index (χ4v) is 4.38. The third kappa shape index (κ3) is 4.50. The lowest BCUT2D eigenvalue weighted by Gasteiger charge is -2.14. The van der Waals surface area contributed by atoms with Crippen molar-refractivity contribution in [1.29, 1.82) is 0 Å². The normalized spacial score (nSPS) is 16.8. The van der Waals surface area contributed by atoms with Gasteiger partial charge in [0.05, 0.1) is 35.9 Å². The number of hydrogen-bond donors (Lipinski definition) is 1. The van der Waals surface area contributed by atoms with E-state index in [2.05, 4.69) is 58.0 Å². The Morgan fingerprint density at radius 2 is 1.82 bits per heavy atom. The van der Waals surface area contributed by atoms with E-state index in [1.54, 1.807) is 31.0 Å². The Morgan fingerprint density at radius 1 is 1.00 bits per heavy atom. The Balaban J connectivity index is 1.30. The second-order valence-corrected chi connectivity index (χ2v) is 8.63. The molecule has 1 aliphatic rings. The molecule has 1 aliphatic carbocycles. The van der Waals surface area contributed by atoms with E-state index >= 15 is 0 Å². The van der Waals surface area contributed by atoms with Crippen LogP contribution in [-0.2, 0) is 11.4 Å². The predicted octanol–water partition coefficient (Wildman–Crippen LogP) is 4.98. The highest BCUT2D eigenvalue weighted by atomic mass is 16.5. The van der Waals surface area contributed by atoms with Gasteiger partial charge in [-0.2, -0.15) is 0 Å². The Kier molecular flexibility index (Phi) is 5.76. The highest BCUT2D eigenvalue weighted by Gasteiger charge is 2.45. The Labute approximate surface area is 197 Å². The number of carboxylic acid groups (broad SMARTS) is 1. The van der Waals surface area contributed by atoms with Crippen LogP contribution in [0.5, 0.6) is 5.88 Å². The third-order valence-electron chi connectivity index (χ3n) is 6.13. The number of benzene rings is 2. The van der Waals surface area contributed by atoms with Gasteiger partial charge in [0, 0.05) is 23.9 Å². The zero-order chi connectivity index (χ0) is 23.7. The molecule has 0 spiro atoms. The largest absolute Gasteiger partial charge is 0.481 e. The van der Waals surface area contributed by atoms with E-state index in [4.69, 9.17) is 9.84 Å². The summed E-state index contributed by atoms with van der Waals surface area (Å²) in [5, 5.41) is 9.08. The van der Waals surface area contributed by atoms with Crippen LogP contribution in [0.1, 0.15) is 34.7 Å². The molecule has 0 unspecified atom stereocenters. The van der Waals surface area contributed by atoms with E-state index < -0.39 is 5.97 Å². The standard InChI is InChI=1S/C27H24N4O3/c1-16-8-20(23-12-28-6-7-29-23)9-17(2)26(16)19-5-3-4-18(10-19)15-34-25-14-30-24(13-31-25)21-11-22(21)27(32)33/h3-10,12-14,21-22H,11,15H2,1-2H3,(H,32,33)/t21-,22-/m0/s1. The first-order valence-corrected chi connectivity index (χ1v) is 11.1. The van der Waals surface area contributed by atoms with Gasteiger partial charge in [-0.3, -0.25) is 19.7 Å². The number of ether oxygens (including phenoxy) is 1. The zero-order valence-electron chi connectivity index (χ0n) is 19.0. The first kappa shape index (κ1) is 21.7. The minimum Gasteiger partial charge on any atom is -0.481 e. The Hall–Kier alpha value is -4.13. The van der Waals surface area contributed by atoms with Gasteiger partial charge in [-0.05, 0) is 66.3 Å². The summed E-state index contributed by atoms with van der Waals surface area (Å²) in [6.45, 7) is 4.58. The number of aryl methyl sites for hydroxylation is 2. The van der Waals surface area contributed by atoms with Gasteiger partial charge in [-0.25, -0.2) is 4.98 Å². The van der Waals surface area contributed by atoms with Gasteiger partial charge in [-0.15, -0.1) is 0 Å². The average Bonchev–Trinajstić information content (AvgIpc) is 3.65. The predicted molar refractivity (Wildman–Crippen MR) is 127 cm³/mol. The molecule has 2 aromatic heterocycles. The summed E-state index contributed by atoms with van der Waals surface area (Å²) in [5.41, 5.74) is 8.28. The van der Waals surface area contributed by atoms with Crippen LogP contribution in [0.25, 0.3) is 22.4 Å². The molecule has 4 aromatic rings. The van der Waals surface area contributed by atoms with Crippen LogP contribution >= 0.6 is 0 Å². The fraction of sp³-hybridized carbons (Fsp3) is 0.222. The Morgan fingerprint density at radius 3 is 2.47 bits per heavy atom. The average molecular weight is 453 g/mol. The van der Waals surface area contributed by atoms with Crippen LogP contribution in [0.3, 0.4) is 0 Å². The molecule has 0 aliphatic heterocycles. The molecule has 0 radical (unpaired) electrons. The number of carbonyl (C=O) groups is 1. The molecule has 2 atom stereocenters. The molecule has 1 fully saturated rings. The van der Waals surface area contributed by atoms with Crippen molar-refractivity contribution in [3.63, 3.8) is 0 Å². The molecule has 34 heavy (non-hydrogen) atoms. The quantitative estimate of drug-likeness (QED) is 0.422. The second kappa shape index (κ2) is 9.02. The van der Waals surface area contributed by atoms with Crippen LogP contribution in [0.2, 0.25) is 0 Å². The van der Waals surface area contributed by atoms with Crippen LogP contribution in [-0.4, -0.2) is 31.0 Å². The Bertz CT molecular complexity index is 1320. The van der Waals surface area contributed by atoms with Crippen molar-refractivity contribution in [3.05, 3.63) is 89.8 Å². The summed E-state index contributed by atoms with van der Waals surface area (Å²) < 4.78 is 5.84. The summed E-state index contributed by atoms with van der Waals surface area (Å²) in [5.74, 6) is -0.740. The first-order valence-electron chi connectivity index (χ1n) is 11.1. The number of nitrogens with zero attached hydrogens (tertiary/aromatic N) is 4. The number of aliphatic carboxylic acids is 1. The molecular formula is C27H24N4O3. The highest BCUT2D eigenvalue weighted by molar-refractivity contribution is 5.76. The number of hydrogen-bond acceptors (Lipinski definition) is 6. The molecule has 5 rings (SSSR count). The van der Waals surface area contributed by atoms with E-state index in [0.717, 1.165) is 22.4 Å². The lowest BCUT2D eigenvalue weighted by Crippen LogP contribution is -2.02. The molecule has 0 amide bonds. The monoisotopic (exact) mass is 452 g/mol. The smallest absolute Gasteiger partial charge is 0.307 e. The topological polar surface area (TPSA) is 98.1 Å². The van der Waals surface area contributed by atoms with Crippen molar-refractivity contribution in [2.75, 3.05) is 0 Å². The third-order valence-corrected chi connectivity index (χ3v) is 6.13. The van der Waals surface area contributed by atoms with Gasteiger partial charge in [-0.1, -0.05) is 18.2 Å². The summed E-state index contributed by atoms with van der Waals surface area (Å²) in [6.07, 6.45) is 8.95. The van der Waals surface area contributed by atoms with Gasteiger partial charge < -0.3 is 9.84 Å². The number of carboxylic acids is 1. The molecule has 2 heterocycles. The molecular weight excluding hydrogens is 428 g/mol. The molecule has 0 bridgehead atoms. The van der Waals surface area contributed by atoms with Crippen molar-refractivity contribution in [2.24, 2.45) is 5.92 Å². The lowest BCUT2D eigenvalue weighted by atomic mass is 9.92. The summed E-state index contributed by atoms with van der Waals surface area (Å²) in [4.78, 5) is 28.3. The molecule has 1 saturated carbocycles. The SMILES string of the molecule is Cc1cc(-c2cnccn2)cc(C)c1-c1cccc(COc2cnc([C@H]3C[C@@H]3C(=O)O)cn2)c1. The molecule has 7 heteroatoms. The zero-order valence-corrected chi connectivity index (χ0v) is 19.0. The van der Waals surface area contributed by atoms with Crippen molar-refractivity contribution >= 4 is 5.97 Å². The van der Waals surface area contributed by atoms with Crippen LogP contribution < -0.4 is 4.74 Å². The summed E-state index contributed by atoms with van der Waals surface area (Å²) in [7, 11) is 0. The number of rotatable bonds is 7.